The predicted molar refractivity (Wildman–Crippen MR) is 93.1 cm³/mol. The van der Waals surface area contributed by atoms with E-state index in [0.717, 1.165) is 21.9 Å². The first kappa shape index (κ1) is 15.0. The van der Waals surface area contributed by atoms with E-state index in [1.807, 2.05) is 48.5 Å². The number of alkyl halides is 1. The number of benzene rings is 3. The third-order valence-electron chi connectivity index (χ3n) is 3.36. The Morgan fingerprint density at radius 1 is 0.714 bits per heavy atom. The lowest BCUT2D eigenvalue weighted by Gasteiger charge is -2.15. The fourth-order valence-electron chi connectivity index (χ4n) is 2.41. The van der Waals surface area contributed by atoms with Gasteiger partial charge in [0.15, 0.2) is 0 Å². The van der Waals surface area contributed by atoms with Gasteiger partial charge >= 0.3 is 0 Å². The molecule has 0 nitrogen and oxygen atoms in total. The normalized spacial score (nSPS) is 12.6. The molecule has 1 atom stereocenters. The first-order chi connectivity index (χ1) is 10.1. The molecule has 0 aliphatic heterocycles. The molecule has 0 aliphatic rings. The van der Waals surface area contributed by atoms with Crippen molar-refractivity contribution < 1.29 is 0 Å². The highest BCUT2D eigenvalue weighted by molar-refractivity contribution is 6.36. The second-order valence-corrected chi connectivity index (χ2v) is 6.46. The molecule has 3 aromatic rings. The summed E-state index contributed by atoms with van der Waals surface area (Å²) < 4.78 is 0. The zero-order valence-corrected chi connectivity index (χ0v) is 13.8. The molecule has 0 radical (unpaired) electrons. The van der Waals surface area contributed by atoms with Gasteiger partial charge in [-0.2, -0.15) is 0 Å². The van der Waals surface area contributed by atoms with E-state index < -0.39 is 0 Å². The van der Waals surface area contributed by atoms with Crippen molar-refractivity contribution in [1.29, 1.82) is 0 Å². The second-order valence-electron chi connectivity index (χ2n) is 4.75. The molecular weight excluding hydrogens is 346 g/mol. The Bertz CT molecular complexity index is 791. The third-order valence-corrected chi connectivity index (χ3v) is 4.61. The van der Waals surface area contributed by atoms with Gasteiger partial charge in [0.25, 0.3) is 0 Å². The van der Waals surface area contributed by atoms with Crippen molar-refractivity contribution in [2.24, 2.45) is 0 Å². The summed E-state index contributed by atoms with van der Waals surface area (Å²) in [6.07, 6.45) is 0. The van der Waals surface area contributed by atoms with Crippen LogP contribution in [0.5, 0.6) is 0 Å². The molecule has 0 N–H and O–H groups in total. The monoisotopic (exact) mass is 354 g/mol. The summed E-state index contributed by atoms with van der Waals surface area (Å²) in [4.78, 5) is 0. The number of hydrogen-bond acceptors (Lipinski definition) is 0. The molecule has 0 amide bonds. The summed E-state index contributed by atoms with van der Waals surface area (Å²) in [5.41, 5.74) is 1.84. The first-order valence-corrected chi connectivity index (χ1v) is 7.90. The quantitative estimate of drug-likeness (QED) is 0.429. The zero-order valence-electron chi connectivity index (χ0n) is 10.8. The van der Waals surface area contributed by atoms with Gasteiger partial charge in [-0.1, -0.05) is 65.1 Å². The van der Waals surface area contributed by atoms with Gasteiger partial charge in [0.05, 0.1) is 5.38 Å². The molecule has 0 saturated heterocycles. The number of rotatable bonds is 2. The smallest absolute Gasteiger partial charge is 0.0842 e. The van der Waals surface area contributed by atoms with Gasteiger partial charge in [-0.25, -0.2) is 0 Å². The lowest BCUT2D eigenvalue weighted by molar-refractivity contribution is 1.16. The molecule has 4 heteroatoms. The molecule has 21 heavy (non-hydrogen) atoms. The minimum Gasteiger partial charge on any atom is -0.113 e. The summed E-state index contributed by atoms with van der Waals surface area (Å²) in [6, 6.07) is 17.1. The Morgan fingerprint density at radius 3 is 2.00 bits per heavy atom. The summed E-state index contributed by atoms with van der Waals surface area (Å²) in [6.45, 7) is 0. The molecule has 0 fully saturated rings. The van der Waals surface area contributed by atoms with Crippen LogP contribution in [0.3, 0.4) is 0 Å². The van der Waals surface area contributed by atoms with Crippen molar-refractivity contribution >= 4 is 57.2 Å². The molecule has 0 bridgehead atoms. The minimum atomic E-state index is -0.344. The van der Waals surface area contributed by atoms with E-state index in [-0.39, 0.29) is 5.38 Å². The van der Waals surface area contributed by atoms with E-state index in [1.165, 1.54) is 0 Å². The van der Waals surface area contributed by atoms with Crippen molar-refractivity contribution in [3.05, 3.63) is 80.8 Å². The average Bonchev–Trinajstić information content (AvgIpc) is 2.46. The highest BCUT2D eigenvalue weighted by Crippen LogP contribution is 2.37. The van der Waals surface area contributed by atoms with Crippen LogP contribution in [-0.2, 0) is 0 Å². The number of halogens is 4. The zero-order chi connectivity index (χ0) is 15.0. The molecule has 3 rings (SSSR count). The minimum absolute atomic E-state index is 0.344. The van der Waals surface area contributed by atoms with Crippen molar-refractivity contribution in [3.63, 3.8) is 0 Å². The predicted octanol–water partition coefficient (Wildman–Crippen LogP) is 7.13. The van der Waals surface area contributed by atoms with Gasteiger partial charge in [0.1, 0.15) is 0 Å². The molecular formula is C17H10Cl4. The fraction of sp³-hybridized carbons (Fsp3) is 0.0588. The number of hydrogen-bond donors (Lipinski definition) is 0. The maximum absolute atomic E-state index is 6.65. The van der Waals surface area contributed by atoms with E-state index in [9.17, 15) is 0 Å². The Hall–Kier alpha value is -0.920. The van der Waals surface area contributed by atoms with E-state index in [2.05, 4.69) is 0 Å². The molecule has 0 spiro atoms. The molecule has 1 unspecified atom stereocenters. The van der Waals surface area contributed by atoms with E-state index >= 15 is 0 Å². The molecule has 3 aromatic carbocycles. The highest BCUT2D eigenvalue weighted by atomic mass is 35.5. The van der Waals surface area contributed by atoms with Gasteiger partial charge in [-0.05, 0) is 40.8 Å². The summed E-state index contributed by atoms with van der Waals surface area (Å²) in [5, 5.41) is 3.52. The van der Waals surface area contributed by atoms with Gasteiger partial charge in [0, 0.05) is 20.5 Å². The first-order valence-electron chi connectivity index (χ1n) is 6.33. The van der Waals surface area contributed by atoms with Gasteiger partial charge in [-0.15, -0.1) is 11.6 Å². The molecule has 0 saturated carbocycles. The van der Waals surface area contributed by atoms with Crippen LogP contribution < -0.4 is 0 Å². The lowest BCUT2D eigenvalue weighted by Crippen LogP contribution is -1.95. The van der Waals surface area contributed by atoms with Gasteiger partial charge in [-0.3, -0.25) is 0 Å². The van der Waals surface area contributed by atoms with Gasteiger partial charge in [0.2, 0.25) is 0 Å². The summed E-state index contributed by atoms with van der Waals surface area (Å²) in [7, 11) is 0. The maximum atomic E-state index is 6.65. The van der Waals surface area contributed by atoms with Crippen molar-refractivity contribution in [2.45, 2.75) is 5.38 Å². The molecule has 0 aliphatic carbocycles. The molecule has 0 heterocycles. The van der Waals surface area contributed by atoms with E-state index in [1.54, 1.807) is 6.07 Å². The summed E-state index contributed by atoms with van der Waals surface area (Å²) >= 11 is 25.0. The van der Waals surface area contributed by atoms with Crippen LogP contribution in [0.15, 0.2) is 54.6 Å². The van der Waals surface area contributed by atoms with Crippen molar-refractivity contribution in [2.75, 3.05) is 0 Å². The Morgan fingerprint density at radius 2 is 1.33 bits per heavy atom. The van der Waals surface area contributed by atoms with Crippen LogP contribution in [-0.4, -0.2) is 0 Å². The van der Waals surface area contributed by atoms with Crippen LogP contribution >= 0.6 is 46.4 Å². The van der Waals surface area contributed by atoms with E-state index in [0.29, 0.717) is 15.1 Å². The SMILES string of the molecule is Clc1cc(Cl)cc(C(Cl)c2ccc(Cl)c3ccccc23)c1. The van der Waals surface area contributed by atoms with Crippen LogP contribution in [0.4, 0.5) is 0 Å². The van der Waals surface area contributed by atoms with Crippen LogP contribution in [0.25, 0.3) is 10.8 Å². The molecule has 0 aromatic heterocycles. The lowest BCUT2D eigenvalue weighted by atomic mass is 9.98. The van der Waals surface area contributed by atoms with Crippen molar-refractivity contribution in [3.8, 4) is 0 Å². The Kier molecular flexibility index (Phi) is 4.33. The third kappa shape index (κ3) is 3.00. The van der Waals surface area contributed by atoms with E-state index in [4.69, 9.17) is 46.4 Å². The average molecular weight is 356 g/mol. The largest absolute Gasteiger partial charge is 0.113 e. The second kappa shape index (κ2) is 6.06. The van der Waals surface area contributed by atoms with Crippen LogP contribution in [0.2, 0.25) is 15.1 Å². The summed E-state index contributed by atoms with van der Waals surface area (Å²) in [5.74, 6) is 0. The van der Waals surface area contributed by atoms with Crippen molar-refractivity contribution in [1.82, 2.24) is 0 Å². The van der Waals surface area contributed by atoms with Crippen LogP contribution in [0, 0.1) is 0 Å². The fourth-order valence-corrected chi connectivity index (χ4v) is 3.49. The topological polar surface area (TPSA) is 0 Å². The molecule has 106 valence electrons. The highest BCUT2D eigenvalue weighted by Gasteiger charge is 2.16. The Labute approximate surface area is 143 Å². The van der Waals surface area contributed by atoms with Gasteiger partial charge < -0.3 is 0 Å². The number of fused-ring (bicyclic) bond motifs is 1. The van der Waals surface area contributed by atoms with Crippen LogP contribution in [0.1, 0.15) is 16.5 Å². The Balaban J connectivity index is 2.18. The maximum Gasteiger partial charge on any atom is 0.0842 e. The standard InChI is InChI=1S/C17H10Cl4/c18-11-7-10(8-12(19)9-11)17(21)15-5-6-16(20)14-4-2-1-3-13(14)15/h1-9,17H.